The summed E-state index contributed by atoms with van der Waals surface area (Å²) in [4.78, 5) is 13.2. The van der Waals surface area contributed by atoms with E-state index in [0.29, 0.717) is 38.2 Å². The molecule has 0 bridgehead atoms. The molecular weight excluding hydrogens is 490 g/mol. The highest BCUT2D eigenvalue weighted by Gasteiger charge is 2.33. The average molecular weight is 522 g/mol. The molecule has 2 fully saturated rings. The van der Waals surface area contributed by atoms with E-state index in [4.69, 9.17) is 4.74 Å². The van der Waals surface area contributed by atoms with Crippen LogP contribution in [-0.2, 0) is 31.4 Å². The van der Waals surface area contributed by atoms with Gasteiger partial charge in [-0.15, -0.1) is 0 Å². The maximum atomic E-state index is 13.0. The van der Waals surface area contributed by atoms with Gasteiger partial charge < -0.3 is 10.1 Å². The van der Waals surface area contributed by atoms with E-state index >= 15 is 0 Å². The van der Waals surface area contributed by atoms with Crippen molar-refractivity contribution in [2.24, 2.45) is 5.92 Å². The van der Waals surface area contributed by atoms with Gasteiger partial charge in [-0.3, -0.25) is 4.79 Å². The van der Waals surface area contributed by atoms with Gasteiger partial charge in [0.1, 0.15) is 5.75 Å². The van der Waals surface area contributed by atoms with Gasteiger partial charge in [0.2, 0.25) is 26.0 Å². The number of sulfonamides is 2. The molecule has 2 heterocycles. The van der Waals surface area contributed by atoms with E-state index in [1.54, 1.807) is 36.4 Å². The maximum absolute atomic E-state index is 13.0. The molecule has 2 saturated heterocycles. The SMILES string of the molecule is COc1ccc(S(=O)(=O)N2CCC[C@H](C(=O)NCc3ccc(S(=O)(=O)N4CCCC4)cc3)C2)cc1. The topological polar surface area (TPSA) is 113 Å². The summed E-state index contributed by atoms with van der Waals surface area (Å²) < 4.78 is 59.4. The van der Waals surface area contributed by atoms with Crippen molar-refractivity contribution in [1.82, 2.24) is 13.9 Å². The molecule has 11 heteroatoms. The fraction of sp³-hybridized carbons (Fsp3) is 0.458. The Bertz CT molecular complexity index is 1240. The van der Waals surface area contributed by atoms with Gasteiger partial charge >= 0.3 is 0 Å². The van der Waals surface area contributed by atoms with Crippen LogP contribution >= 0.6 is 0 Å². The summed E-state index contributed by atoms with van der Waals surface area (Å²) in [5.41, 5.74) is 0.775. The smallest absolute Gasteiger partial charge is 0.243 e. The van der Waals surface area contributed by atoms with Gasteiger partial charge in [-0.25, -0.2) is 16.8 Å². The van der Waals surface area contributed by atoms with Crippen LogP contribution in [0.25, 0.3) is 0 Å². The first kappa shape index (κ1) is 25.6. The molecule has 4 rings (SSSR count). The average Bonchev–Trinajstić information content (AvgIpc) is 3.44. The molecular formula is C24H31N3O6S2. The van der Waals surface area contributed by atoms with Crippen molar-refractivity contribution in [3.63, 3.8) is 0 Å². The number of nitrogens with zero attached hydrogens (tertiary/aromatic N) is 2. The van der Waals surface area contributed by atoms with E-state index in [2.05, 4.69) is 5.32 Å². The van der Waals surface area contributed by atoms with E-state index in [0.717, 1.165) is 18.4 Å². The number of nitrogens with one attached hydrogen (secondary N) is 1. The molecule has 0 spiro atoms. The standard InChI is InChI=1S/C24H31N3O6S2/c1-33-21-8-12-23(13-9-21)35(31,32)27-16-4-5-20(18-27)24(28)25-17-19-6-10-22(11-7-19)34(29,30)26-14-2-3-15-26/h6-13,20H,2-5,14-18H2,1H3,(H,25,28)/t20-/m0/s1. The van der Waals surface area contributed by atoms with Gasteiger partial charge in [0, 0.05) is 32.7 Å². The second-order valence-corrected chi connectivity index (χ2v) is 12.7. The van der Waals surface area contributed by atoms with Gasteiger partial charge in [-0.2, -0.15) is 8.61 Å². The van der Waals surface area contributed by atoms with Crippen molar-refractivity contribution in [3.8, 4) is 5.75 Å². The summed E-state index contributed by atoms with van der Waals surface area (Å²) in [6.45, 7) is 1.82. The Morgan fingerprint density at radius 1 is 0.857 bits per heavy atom. The first-order valence-corrected chi connectivity index (χ1v) is 14.6. The zero-order chi connectivity index (χ0) is 25.1. The highest BCUT2D eigenvalue weighted by molar-refractivity contribution is 7.89. The van der Waals surface area contributed by atoms with Crippen LogP contribution in [0.2, 0.25) is 0 Å². The van der Waals surface area contributed by atoms with Crippen molar-refractivity contribution < 1.29 is 26.4 Å². The third kappa shape index (κ3) is 5.69. The predicted octanol–water partition coefficient (Wildman–Crippen LogP) is 2.20. The van der Waals surface area contributed by atoms with Gasteiger partial charge in [0.15, 0.2) is 0 Å². The van der Waals surface area contributed by atoms with Crippen molar-refractivity contribution >= 4 is 26.0 Å². The molecule has 0 radical (unpaired) electrons. The molecule has 2 aromatic carbocycles. The lowest BCUT2D eigenvalue weighted by molar-refractivity contribution is -0.126. The Balaban J connectivity index is 1.35. The van der Waals surface area contributed by atoms with Crippen LogP contribution in [0.1, 0.15) is 31.2 Å². The number of carbonyl (C=O) groups excluding carboxylic acids is 1. The van der Waals surface area contributed by atoms with Gasteiger partial charge in [0.05, 0.1) is 22.8 Å². The van der Waals surface area contributed by atoms with Crippen LogP contribution in [0.3, 0.4) is 0 Å². The fourth-order valence-corrected chi connectivity index (χ4v) is 7.50. The third-order valence-electron chi connectivity index (χ3n) is 6.55. The van der Waals surface area contributed by atoms with Crippen molar-refractivity contribution in [3.05, 3.63) is 54.1 Å². The molecule has 190 valence electrons. The molecule has 0 saturated carbocycles. The highest BCUT2D eigenvalue weighted by Crippen LogP contribution is 2.26. The van der Waals surface area contributed by atoms with Crippen LogP contribution in [0.4, 0.5) is 0 Å². The lowest BCUT2D eigenvalue weighted by Crippen LogP contribution is -2.45. The minimum atomic E-state index is -3.71. The first-order chi connectivity index (χ1) is 16.7. The summed E-state index contributed by atoms with van der Waals surface area (Å²) in [5, 5.41) is 2.87. The predicted molar refractivity (Wildman–Crippen MR) is 131 cm³/mol. The number of rotatable bonds is 8. The lowest BCUT2D eigenvalue weighted by atomic mass is 9.99. The Morgan fingerprint density at radius 3 is 2.00 bits per heavy atom. The zero-order valence-corrected chi connectivity index (χ0v) is 21.4. The Kier molecular flexibility index (Phi) is 7.80. The number of benzene rings is 2. The first-order valence-electron chi connectivity index (χ1n) is 11.7. The molecule has 2 aromatic rings. The summed E-state index contributed by atoms with van der Waals surface area (Å²) >= 11 is 0. The number of methoxy groups -OCH3 is 1. The number of carbonyl (C=O) groups is 1. The molecule has 0 unspecified atom stereocenters. The summed E-state index contributed by atoms with van der Waals surface area (Å²) in [6.07, 6.45) is 2.96. The number of hydrogen-bond acceptors (Lipinski definition) is 6. The summed E-state index contributed by atoms with van der Waals surface area (Å²) in [7, 11) is -5.67. The summed E-state index contributed by atoms with van der Waals surface area (Å²) in [5.74, 6) is -0.0958. The number of ether oxygens (including phenoxy) is 1. The van der Waals surface area contributed by atoms with E-state index in [9.17, 15) is 21.6 Å². The number of piperidine rings is 1. The molecule has 35 heavy (non-hydrogen) atoms. The third-order valence-corrected chi connectivity index (χ3v) is 10.3. The monoisotopic (exact) mass is 521 g/mol. The summed E-state index contributed by atoms with van der Waals surface area (Å²) in [6, 6.07) is 12.7. The number of amides is 1. The second-order valence-electron chi connectivity index (χ2n) is 8.85. The Labute approximate surface area is 207 Å². The van der Waals surface area contributed by atoms with E-state index in [1.807, 2.05) is 0 Å². The van der Waals surface area contributed by atoms with E-state index in [-0.39, 0.29) is 28.8 Å². The zero-order valence-electron chi connectivity index (χ0n) is 19.7. The molecule has 1 amide bonds. The van der Waals surface area contributed by atoms with Crippen LogP contribution in [0.15, 0.2) is 58.3 Å². The minimum Gasteiger partial charge on any atom is -0.497 e. The van der Waals surface area contributed by atoms with Gasteiger partial charge in [-0.1, -0.05) is 12.1 Å². The molecule has 1 atom stereocenters. The Hall–Kier alpha value is -2.47. The van der Waals surface area contributed by atoms with Crippen molar-refractivity contribution in [1.29, 1.82) is 0 Å². The fourth-order valence-electron chi connectivity index (χ4n) is 4.46. The van der Waals surface area contributed by atoms with Crippen molar-refractivity contribution in [2.75, 3.05) is 33.3 Å². The molecule has 1 N–H and O–H groups in total. The van der Waals surface area contributed by atoms with Crippen LogP contribution < -0.4 is 10.1 Å². The molecule has 0 aliphatic carbocycles. The second kappa shape index (κ2) is 10.7. The maximum Gasteiger partial charge on any atom is 0.243 e. The molecule has 9 nitrogen and oxygen atoms in total. The van der Waals surface area contributed by atoms with Gasteiger partial charge in [-0.05, 0) is 67.6 Å². The Morgan fingerprint density at radius 2 is 1.40 bits per heavy atom. The van der Waals surface area contributed by atoms with Gasteiger partial charge in [0.25, 0.3) is 0 Å². The van der Waals surface area contributed by atoms with Crippen LogP contribution in [0.5, 0.6) is 5.75 Å². The lowest BCUT2D eigenvalue weighted by Gasteiger charge is -2.31. The van der Waals surface area contributed by atoms with Crippen LogP contribution in [0, 0.1) is 5.92 Å². The molecule has 0 aromatic heterocycles. The highest BCUT2D eigenvalue weighted by atomic mass is 32.2. The quantitative estimate of drug-likeness (QED) is 0.570. The minimum absolute atomic E-state index is 0.118. The largest absolute Gasteiger partial charge is 0.497 e. The van der Waals surface area contributed by atoms with Crippen molar-refractivity contribution in [2.45, 2.75) is 42.0 Å². The normalized spacial score (nSPS) is 20.0. The molecule has 2 aliphatic rings. The molecule has 2 aliphatic heterocycles. The van der Waals surface area contributed by atoms with E-state index in [1.165, 1.54) is 27.9 Å². The number of hydrogen-bond donors (Lipinski definition) is 1. The van der Waals surface area contributed by atoms with E-state index < -0.39 is 26.0 Å². The van der Waals surface area contributed by atoms with Crippen LogP contribution in [-0.4, -0.2) is 64.6 Å².